The van der Waals surface area contributed by atoms with Gasteiger partial charge in [0.2, 0.25) is 5.91 Å². The molecule has 3 heterocycles. The second-order valence-electron chi connectivity index (χ2n) is 5.84. The molecular weight excluding hydrogens is 310 g/mol. The minimum Gasteiger partial charge on any atom is -0.356 e. The van der Waals surface area contributed by atoms with Crippen molar-refractivity contribution in [1.29, 1.82) is 0 Å². The quantitative estimate of drug-likeness (QED) is 0.931. The van der Waals surface area contributed by atoms with Crippen molar-refractivity contribution in [2.75, 3.05) is 18.0 Å². The summed E-state index contributed by atoms with van der Waals surface area (Å²) in [5, 5.41) is 6.04. The maximum atomic E-state index is 11.6. The van der Waals surface area contributed by atoms with E-state index < -0.39 is 0 Å². The Hall–Kier alpha value is -2.02. The van der Waals surface area contributed by atoms with Crippen LogP contribution in [0.1, 0.15) is 36.6 Å². The second-order valence-corrected chi connectivity index (χ2v) is 6.76. The van der Waals surface area contributed by atoms with Gasteiger partial charge in [-0.3, -0.25) is 4.79 Å². The molecule has 1 N–H and O–H groups in total. The smallest absolute Gasteiger partial charge is 0.217 e. The number of thiazole rings is 1. The molecule has 2 aromatic rings. The van der Waals surface area contributed by atoms with Gasteiger partial charge in [-0.2, -0.15) is 0 Å². The summed E-state index contributed by atoms with van der Waals surface area (Å²) in [6.45, 7) is 5.34. The molecule has 1 fully saturated rings. The first-order valence-electron chi connectivity index (χ1n) is 7.84. The number of aromatic nitrogens is 3. The number of carbonyl (C=O) groups is 1. The Morgan fingerprint density at radius 3 is 2.74 bits per heavy atom. The van der Waals surface area contributed by atoms with Crippen LogP contribution in [0.4, 0.5) is 5.82 Å². The molecule has 1 saturated heterocycles. The highest BCUT2D eigenvalue weighted by Crippen LogP contribution is 2.32. The minimum atomic E-state index is -0.000875. The maximum Gasteiger partial charge on any atom is 0.217 e. The topological polar surface area (TPSA) is 71.0 Å². The molecule has 2 aromatic heterocycles. The summed E-state index contributed by atoms with van der Waals surface area (Å²) in [5.41, 5.74) is 0. The van der Waals surface area contributed by atoms with E-state index in [1.54, 1.807) is 30.7 Å². The average Bonchev–Trinajstić information content (AvgIpc) is 3.07. The third-order valence-electron chi connectivity index (χ3n) is 4.17. The summed E-state index contributed by atoms with van der Waals surface area (Å²) in [6.07, 6.45) is 5.62. The molecule has 1 unspecified atom stereocenters. The predicted octanol–water partition coefficient (Wildman–Crippen LogP) is 2.34. The first-order valence-corrected chi connectivity index (χ1v) is 8.72. The van der Waals surface area contributed by atoms with Gasteiger partial charge in [-0.1, -0.05) is 0 Å². The molecule has 0 saturated carbocycles. The van der Waals surface area contributed by atoms with Crippen LogP contribution in [-0.2, 0) is 4.79 Å². The number of nitrogens with one attached hydrogen (secondary N) is 1. The molecule has 6 nitrogen and oxygen atoms in total. The van der Waals surface area contributed by atoms with E-state index in [1.807, 2.05) is 18.4 Å². The van der Waals surface area contributed by atoms with Crippen molar-refractivity contribution < 1.29 is 4.79 Å². The normalized spacial score (nSPS) is 17.0. The molecule has 1 aliphatic heterocycles. The highest BCUT2D eigenvalue weighted by atomic mass is 32.1. The van der Waals surface area contributed by atoms with Crippen LogP contribution in [0, 0.1) is 12.8 Å². The lowest BCUT2D eigenvalue weighted by molar-refractivity contribution is -0.120. The SMILES string of the molecule is CC(=O)NC(c1nccs1)C1CCN(c2ccnc(C)n2)CC1. The van der Waals surface area contributed by atoms with Crippen molar-refractivity contribution in [3.8, 4) is 0 Å². The van der Waals surface area contributed by atoms with E-state index in [9.17, 15) is 4.79 Å². The van der Waals surface area contributed by atoms with E-state index in [2.05, 4.69) is 25.2 Å². The van der Waals surface area contributed by atoms with Crippen LogP contribution in [0.5, 0.6) is 0 Å². The Kier molecular flexibility index (Phi) is 4.85. The summed E-state index contributed by atoms with van der Waals surface area (Å²) < 4.78 is 0. The zero-order valence-electron chi connectivity index (χ0n) is 13.4. The van der Waals surface area contributed by atoms with Crippen molar-refractivity contribution in [3.05, 3.63) is 34.7 Å². The van der Waals surface area contributed by atoms with Crippen molar-refractivity contribution in [3.63, 3.8) is 0 Å². The third-order valence-corrected chi connectivity index (χ3v) is 5.03. The third kappa shape index (κ3) is 3.85. The molecule has 3 rings (SSSR count). The Morgan fingerprint density at radius 1 is 1.35 bits per heavy atom. The van der Waals surface area contributed by atoms with E-state index in [0.29, 0.717) is 5.92 Å². The summed E-state index contributed by atoms with van der Waals surface area (Å²) in [4.78, 5) is 26.9. The predicted molar refractivity (Wildman–Crippen MR) is 90.4 cm³/mol. The van der Waals surface area contributed by atoms with Gasteiger partial charge in [0.1, 0.15) is 16.6 Å². The van der Waals surface area contributed by atoms with Gasteiger partial charge in [-0.25, -0.2) is 15.0 Å². The Bertz CT molecular complexity index is 652. The van der Waals surface area contributed by atoms with Crippen LogP contribution in [0.3, 0.4) is 0 Å². The van der Waals surface area contributed by atoms with E-state index in [0.717, 1.165) is 42.6 Å². The number of anilines is 1. The van der Waals surface area contributed by atoms with Crippen LogP contribution in [0.15, 0.2) is 23.8 Å². The lowest BCUT2D eigenvalue weighted by Crippen LogP contribution is -2.40. The van der Waals surface area contributed by atoms with Gasteiger partial charge >= 0.3 is 0 Å². The monoisotopic (exact) mass is 331 g/mol. The highest BCUT2D eigenvalue weighted by Gasteiger charge is 2.30. The summed E-state index contributed by atoms with van der Waals surface area (Å²) in [5.74, 6) is 2.19. The van der Waals surface area contributed by atoms with Crippen LogP contribution in [0.25, 0.3) is 0 Å². The lowest BCUT2D eigenvalue weighted by Gasteiger charge is -2.36. The van der Waals surface area contributed by atoms with Crippen LogP contribution < -0.4 is 10.2 Å². The number of piperidine rings is 1. The Labute approximate surface area is 140 Å². The molecular formula is C16H21N5OS. The van der Waals surface area contributed by atoms with Gasteiger partial charge < -0.3 is 10.2 Å². The minimum absolute atomic E-state index is 0.000875. The first kappa shape index (κ1) is 15.9. The molecule has 0 aliphatic carbocycles. The molecule has 0 aromatic carbocycles. The standard InChI is InChI=1S/C16H21N5OS/c1-11-17-6-3-14(19-11)21-8-4-13(5-9-21)15(20-12(2)22)16-18-7-10-23-16/h3,6-7,10,13,15H,4-5,8-9H2,1-2H3,(H,20,22). The lowest BCUT2D eigenvalue weighted by atomic mass is 9.89. The number of nitrogens with zero attached hydrogens (tertiary/aromatic N) is 4. The Balaban J connectivity index is 1.68. The zero-order valence-corrected chi connectivity index (χ0v) is 14.2. The number of rotatable bonds is 4. The number of hydrogen-bond donors (Lipinski definition) is 1. The molecule has 0 radical (unpaired) electrons. The van der Waals surface area contributed by atoms with Gasteiger partial charge in [0.25, 0.3) is 0 Å². The molecule has 0 spiro atoms. The average molecular weight is 331 g/mol. The van der Waals surface area contributed by atoms with Crippen LogP contribution >= 0.6 is 11.3 Å². The molecule has 1 amide bonds. The van der Waals surface area contributed by atoms with Gasteiger partial charge in [-0.05, 0) is 31.7 Å². The molecule has 122 valence electrons. The fraction of sp³-hybridized carbons (Fsp3) is 0.500. The van der Waals surface area contributed by atoms with Crippen molar-refractivity contribution in [2.24, 2.45) is 5.92 Å². The molecule has 23 heavy (non-hydrogen) atoms. The van der Waals surface area contributed by atoms with Crippen molar-refractivity contribution in [1.82, 2.24) is 20.3 Å². The van der Waals surface area contributed by atoms with E-state index in [4.69, 9.17) is 0 Å². The summed E-state index contributed by atoms with van der Waals surface area (Å²) in [6, 6.07) is 1.97. The molecule has 1 aliphatic rings. The van der Waals surface area contributed by atoms with E-state index in [-0.39, 0.29) is 11.9 Å². The van der Waals surface area contributed by atoms with Crippen LogP contribution in [-0.4, -0.2) is 33.9 Å². The molecule has 0 bridgehead atoms. The largest absolute Gasteiger partial charge is 0.356 e. The fourth-order valence-electron chi connectivity index (χ4n) is 3.07. The van der Waals surface area contributed by atoms with Gasteiger partial charge in [0, 0.05) is 37.8 Å². The zero-order chi connectivity index (χ0) is 16.2. The van der Waals surface area contributed by atoms with Gasteiger partial charge in [-0.15, -0.1) is 11.3 Å². The molecule has 1 atom stereocenters. The second kappa shape index (κ2) is 7.04. The number of aryl methyl sites for hydroxylation is 1. The van der Waals surface area contributed by atoms with E-state index >= 15 is 0 Å². The maximum absolute atomic E-state index is 11.6. The summed E-state index contributed by atoms with van der Waals surface area (Å²) in [7, 11) is 0. The number of carbonyl (C=O) groups excluding carboxylic acids is 1. The first-order chi connectivity index (χ1) is 11.1. The Morgan fingerprint density at radius 2 is 2.13 bits per heavy atom. The van der Waals surface area contributed by atoms with Crippen molar-refractivity contribution in [2.45, 2.75) is 32.7 Å². The highest BCUT2D eigenvalue weighted by molar-refractivity contribution is 7.09. The van der Waals surface area contributed by atoms with Crippen molar-refractivity contribution >= 4 is 23.1 Å². The number of amides is 1. The van der Waals surface area contributed by atoms with Gasteiger partial charge in [0.05, 0.1) is 6.04 Å². The summed E-state index contributed by atoms with van der Waals surface area (Å²) >= 11 is 1.61. The van der Waals surface area contributed by atoms with Crippen LogP contribution in [0.2, 0.25) is 0 Å². The molecule has 7 heteroatoms. The van der Waals surface area contributed by atoms with Gasteiger partial charge in [0.15, 0.2) is 0 Å². The fourth-order valence-corrected chi connectivity index (χ4v) is 3.85. The number of hydrogen-bond acceptors (Lipinski definition) is 6. The van der Waals surface area contributed by atoms with E-state index in [1.165, 1.54) is 0 Å².